The number of benzene rings is 9. The molecule has 0 saturated carbocycles. The predicted molar refractivity (Wildman–Crippen MR) is 227 cm³/mol. The number of rotatable bonds is 6. The van der Waals surface area contributed by atoms with Gasteiger partial charge in [0.05, 0.1) is 11.2 Å². The van der Waals surface area contributed by atoms with Crippen LogP contribution in [0.2, 0.25) is 0 Å². The summed E-state index contributed by atoms with van der Waals surface area (Å²) >= 11 is 0. The van der Waals surface area contributed by atoms with Crippen molar-refractivity contribution in [3.63, 3.8) is 0 Å². The molecule has 10 aromatic rings. The molecule has 0 spiro atoms. The van der Waals surface area contributed by atoms with Gasteiger partial charge in [-0.3, -0.25) is 0 Å². The van der Waals surface area contributed by atoms with Crippen molar-refractivity contribution < 1.29 is 0 Å². The van der Waals surface area contributed by atoms with Crippen LogP contribution in [0, 0.1) is 0 Å². The monoisotopic (exact) mass is 686 g/mol. The summed E-state index contributed by atoms with van der Waals surface area (Å²) in [5.41, 5.74) is 13.4. The van der Waals surface area contributed by atoms with Gasteiger partial charge in [0.1, 0.15) is 0 Å². The zero-order valence-electron chi connectivity index (χ0n) is 29.5. The highest BCUT2D eigenvalue weighted by molar-refractivity contribution is 6.09. The van der Waals surface area contributed by atoms with E-state index < -0.39 is 0 Å². The quantitative estimate of drug-likeness (QED) is 0.163. The van der Waals surface area contributed by atoms with Crippen molar-refractivity contribution in [1.29, 1.82) is 0 Å². The number of aromatic nitrogens is 2. The predicted octanol–water partition coefficient (Wildman–Crippen LogP) is 13.9. The van der Waals surface area contributed by atoms with E-state index in [-0.39, 0.29) is 0 Å². The highest BCUT2D eigenvalue weighted by Crippen LogP contribution is 2.36. The first-order valence-corrected chi connectivity index (χ1v) is 18.4. The Morgan fingerprint density at radius 3 is 1.46 bits per heavy atom. The maximum Gasteiger partial charge on any atom is 0.160 e. The molecule has 0 saturated heterocycles. The van der Waals surface area contributed by atoms with Crippen molar-refractivity contribution in [3.8, 4) is 67.2 Å². The largest absolute Gasteiger partial charge is 0.227 e. The zero-order chi connectivity index (χ0) is 35.8. The van der Waals surface area contributed by atoms with Crippen LogP contribution in [-0.4, -0.2) is 9.97 Å². The molecule has 1 heterocycles. The molecule has 2 nitrogen and oxygen atoms in total. The molecule has 0 aliphatic rings. The molecule has 10 rings (SSSR count). The number of fused-ring (bicyclic) bond motifs is 4. The topological polar surface area (TPSA) is 25.8 Å². The lowest BCUT2D eigenvalue weighted by Crippen LogP contribution is -1.96. The summed E-state index contributed by atoms with van der Waals surface area (Å²) in [6.45, 7) is 0. The maximum absolute atomic E-state index is 5.31. The molecule has 0 fully saturated rings. The van der Waals surface area contributed by atoms with Crippen molar-refractivity contribution in [2.75, 3.05) is 0 Å². The molecule has 1 aromatic heterocycles. The van der Waals surface area contributed by atoms with Gasteiger partial charge in [-0.1, -0.05) is 188 Å². The molecule has 9 aromatic carbocycles. The second-order valence-corrected chi connectivity index (χ2v) is 13.8. The van der Waals surface area contributed by atoms with E-state index in [1.54, 1.807) is 0 Å². The molecule has 54 heavy (non-hydrogen) atoms. The molecular formula is C52H34N2. The van der Waals surface area contributed by atoms with E-state index in [4.69, 9.17) is 9.97 Å². The Kier molecular flexibility index (Phi) is 7.85. The average molecular weight is 687 g/mol. The molecule has 0 bridgehead atoms. The Morgan fingerprint density at radius 1 is 0.259 bits per heavy atom. The highest BCUT2D eigenvalue weighted by Gasteiger charge is 2.15. The standard InChI is InChI=1S/C52H34N2/c1-2-11-35(12-3-1)36-23-25-37(26-24-36)43-17-9-19-45(34-43)52-53-50(49-32-31-40-14-5-7-21-48(40)51(49)54-52)41-29-27-38(28-30-41)42-16-8-18-44(33-42)47-22-10-15-39-13-4-6-20-46(39)47/h1-34H. The van der Waals surface area contributed by atoms with Crippen molar-refractivity contribution >= 4 is 32.4 Å². The van der Waals surface area contributed by atoms with Gasteiger partial charge in [0, 0.05) is 21.9 Å². The minimum atomic E-state index is 0.712. The SMILES string of the molecule is c1ccc(-c2ccc(-c3cccc(-c4nc(-c5ccc(-c6cccc(-c7cccc8ccccc78)c6)cc5)c5ccc6ccccc6c5n4)c3)cc2)cc1. The smallest absolute Gasteiger partial charge is 0.160 e. The summed E-state index contributed by atoms with van der Waals surface area (Å²) in [6.07, 6.45) is 0. The van der Waals surface area contributed by atoms with Crippen LogP contribution in [0.1, 0.15) is 0 Å². The first-order chi connectivity index (χ1) is 26.7. The lowest BCUT2D eigenvalue weighted by Gasteiger charge is -2.13. The fourth-order valence-corrected chi connectivity index (χ4v) is 7.70. The van der Waals surface area contributed by atoms with E-state index in [0.29, 0.717) is 5.82 Å². The van der Waals surface area contributed by atoms with Crippen molar-refractivity contribution in [2.45, 2.75) is 0 Å². The van der Waals surface area contributed by atoms with E-state index in [0.717, 1.165) is 55.2 Å². The summed E-state index contributed by atoms with van der Waals surface area (Å²) in [4.78, 5) is 10.6. The molecule has 0 unspecified atom stereocenters. The minimum absolute atomic E-state index is 0.712. The van der Waals surface area contributed by atoms with Crippen LogP contribution in [0.3, 0.4) is 0 Å². The van der Waals surface area contributed by atoms with Gasteiger partial charge in [-0.25, -0.2) is 9.97 Å². The molecule has 0 amide bonds. The van der Waals surface area contributed by atoms with E-state index in [9.17, 15) is 0 Å². The van der Waals surface area contributed by atoms with E-state index in [2.05, 4.69) is 206 Å². The fourth-order valence-electron chi connectivity index (χ4n) is 7.70. The lowest BCUT2D eigenvalue weighted by molar-refractivity contribution is 1.23. The summed E-state index contributed by atoms with van der Waals surface area (Å²) < 4.78 is 0. The molecule has 0 atom stereocenters. The minimum Gasteiger partial charge on any atom is -0.227 e. The first kappa shape index (κ1) is 31.6. The van der Waals surface area contributed by atoms with Crippen LogP contribution in [0.4, 0.5) is 0 Å². The van der Waals surface area contributed by atoms with Crippen LogP contribution >= 0.6 is 0 Å². The summed E-state index contributed by atoms with van der Waals surface area (Å²) in [5, 5.41) is 5.83. The van der Waals surface area contributed by atoms with Crippen LogP contribution in [0.15, 0.2) is 206 Å². The molecule has 252 valence electrons. The zero-order valence-corrected chi connectivity index (χ0v) is 29.5. The van der Waals surface area contributed by atoms with Crippen LogP contribution in [-0.2, 0) is 0 Å². The third kappa shape index (κ3) is 5.81. The van der Waals surface area contributed by atoms with Crippen molar-refractivity contribution in [2.24, 2.45) is 0 Å². The van der Waals surface area contributed by atoms with Gasteiger partial charge in [-0.05, 0) is 78.9 Å². The first-order valence-electron chi connectivity index (χ1n) is 18.4. The number of hydrogen-bond acceptors (Lipinski definition) is 2. The van der Waals surface area contributed by atoms with Gasteiger partial charge in [0.25, 0.3) is 0 Å². The van der Waals surface area contributed by atoms with Crippen LogP contribution in [0.25, 0.3) is 99.6 Å². The van der Waals surface area contributed by atoms with E-state index >= 15 is 0 Å². The fraction of sp³-hybridized carbons (Fsp3) is 0. The van der Waals surface area contributed by atoms with Gasteiger partial charge in [0.15, 0.2) is 5.82 Å². The van der Waals surface area contributed by atoms with Crippen LogP contribution in [0.5, 0.6) is 0 Å². The third-order valence-electron chi connectivity index (χ3n) is 10.5. The Bertz CT molecular complexity index is 2960. The van der Waals surface area contributed by atoms with Crippen LogP contribution < -0.4 is 0 Å². The van der Waals surface area contributed by atoms with Gasteiger partial charge < -0.3 is 0 Å². The molecular weight excluding hydrogens is 653 g/mol. The summed E-state index contributed by atoms with van der Waals surface area (Å²) in [6, 6.07) is 73.5. The second-order valence-electron chi connectivity index (χ2n) is 13.8. The van der Waals surface area contributed by atoms with Gasteiger partial charge in [-0.2, -0.15) is 0 Å². The van der Waals surface area contributed by atoms with Crippen molar-refractivity contribution in [3.05, 3.63) is 206 Å². The maximum atomic E-state index is 5.31. The Morgan fingerprint density at radius 2 is 0.741 bits per heavy atom. The molecule has 0 aliphatic heterocycles. The Labute approximate surface area is 314 Å². The second kappa shape index (κ2) is 13.4. The molecule has 0 radical (unpaired) electrons. The molecule has 2 heteroatoms. The normalized spacial score (nSPS) is 11.3. The summed E-state index contributed by atoms with van der Waals surface area (Å²) in [5.74, 6) is 0.712. The number of hydrogen-bond donors (Lipinski definition) is 0. The Balaban J connectivity index is 1.05. The van der Waals surface area contributed by atoms with Crippen molar-refractivity contribution in [1.82, 2.24) is 9.97 Å². The van der Waals surface area contributed by atoms with E-state index in [1.165, 1.54) is 38.6 Å². The Hall–Kier alpha value is -7.16. The molecule has 0 aliphatic carbocycles. The average Bonchev–Trinajstić information content (AvgIpc) is 3.26. The van der Waals surface area contributed by atoms with Gasteiger partial charge in [0.2, 0.25) is 0 Å². The molecule has 0 N–H and O–H groups in total. The third-order valence-corrected chi connectivity index (χ3v) is 10.5. The highest BCUT2D eigenvalue weighted by atomic mass is 14.9. The summed E-state index contributed by atoms with van der Waals surface area (Å²) in [7, 11) is 0. The van der Waals surface area contributed by atoms with Gasteiger partial charge >= 0.3 is 0 Å². The lowest BCUT2D eigenvalue weighted by atomic mass is 9.94. The number of nitrogens with zero attached hydrogens (tertiary/aromatic N) is 2. The van der Waals surface area contributed by atoms with Gasteiger partial charge in [-0.15, -0.1) is 0 Å². The van der Waals surface area contributed by atoms with E-state index in [1.807, 2.05) is 0 Å².